The molecule has 3 N–H and O–H groups in total. The second kappa shape index (κ2) is 9.14. The third-order valence-electron chi connectivity index (χ3n) is 4.59. The van der Waals surface area contributed by atoms with Crippen molar-refractivity contribution in [1.29, 1.82) is 0 Å². The van der Waals surface area contributed by atoms with E-state index in [1.165, 1.54) is 18.4 Å². The number of piperidine rings is 1. The van der Waals surface area contributed by atoms with Crippen LogP contribution in [0.15, 0.2) is 0 Å². The normalized spacial score (nSPS) is 19.7. The van der Waals surface area contributed by atoms with Gasteiger partial charge < -0.3 is 20.3 Å². The van der Waals surface area contributed by atoms with Crippen molar-refractivity contribution in [3.63, 3.8) is 0 Å². The van der Waals surface area contributed by atoms with Gasteiger partial charge in [0, 0.05) is 13.0 Å². The first-order chi connectivity index (χ1) is 12.4. The SMILES string of the molecule is CCOC(=O)c1c(NC(=O)C[NH+]2CCC[C@@H](C)C2)sc(C(=O)NC)c1C. The Morgan fingerprint density at radius 2 is 2.08 bits per heavy atom. The summed E-state index contributed by atoms with van der Waals surface area (Å²) in [6.45, 7) is 8.17. The maximum absolute atomic E-state index is 12.5. The minimum Gasteiger partial charge on any atom is -0.462 e. The van der Waals surface area contributed by atoms with Crippen molar-refractivity contribution < 1.29 is 24.0 Å². The van der Waals surface area contributed by atoms with E-state index in [-0.39, 0.29) is 24.0 Å². The lowest BCUT2D eigenvalue weighted by molar-refractivity contribution is -0.900. The third-order valence-corrected chi connectivity index (χ3v) is 5.79. The number of amides is 2. The van der Waals surface area contributed by atoms with Gasteiger partial charge in [0.2, 0.25) is 0 Å². The molecule has 2 rings (SSSR count). The van der Waals surface area contributed by atoms with Crippen LogP contribution >= 0.6 is 11.3 Å². The molecule has 0 saturated carbocycles. The summed E-state index contributed by atoms with van der Waals surface area (Å²) in [5.74, 6) is -0.338. The van der Waals surface area contributed by atoms with E-state index in [0.29, 0.717) is 27.9 Å². The fraction of sp³-hybridized carbons (Fsp3) is 0.611. The summed E-state index contributed by atoms with van der Waals surface area (Å²) in [5.41, 5.74) is 0.799. The summed E-state index contributed by atoms with van der Waals surface area (Å²) in [4.78, 5) is 38.5. The number of anilines is 1. The molecule has 1 fully saturated rings. The van der Waals surface area contributed by atoms with Crippen molar-refractivity contribution in [1.82, 2.24) is 5.32 Å². The molecule has 0 bridgehead atoms. The van der Waals surface area contributed by atoms with Gasteiger partial charge in [0.25, 0.3) is 11.8 Å². The number of carbonyl (C=O) groups is 3. The Hall–Kier alpha value is -1.93. The topological polar surface area (TPSA) is 88.9 Å². The van der Waals surface area contributed by atoms with Gasteiger partial charge in [-0.2, -0.15) is 0 Å². The molecule has 1 aliphatic heterocycles. The largest absolute Gasteiger partial charge is 0.462 e. The van der Waals surface area contributed by atoms with Gasteiger partial charge in [0.15, 0.2) is 6.54 Å². The quantitative estimate of drug-likeness (QED) is 0.637. The number of hydrogen-bond acceptors (Lipinski definition) is 5. The standard InChI is InChI=1S/C18H27N3O4S/c1-5-25-18(24)14-12(3)15(16(23)19-4)26-17(14)20-13(22)10-21-8-6-7-11(2)9-21/h11H,5-10H2,1-4H3,(H,19,23)(H,20,22)/p+1/t11-/m1/s1. The van der Waals surface area contributed by atoms with Crippen LogP contribution < -0.4 is 15.5 Å². The predicted molar refractivity (Wildman–Crippen MR) is 101 cm³/mol. The average Bonchev–Trinajstić information content (AvgIpc) is 2.90. The molecule has 1 saturated heterocycles. The predicted octanol–water partition coefficient (Wildman–Crippen LogP) is 0.846. The van der Waals surface area contributed by atoms with Crippen LogP contribution in [0, 0.1) is 12.8 Å². The molecule has 1 aliphatic rings. The zero-order chi connectivity index (χ0) is 19.3. The molecule has 8 heteroatoms. The number of nitrogens with one attached hydrogen (secondary N) is 3. The van der Waals surface area contributed by atoms with E-state index in [0.717, 1.165) is 30.8 Å². The number of rotatable bonds is 6. The van der Waals surface area contributed by atoms with Crippen LogP contribution in [0.5, 0.6) is 0 Å². The lowest BCUT2D eigenvalue weighted by Crippen LogP contribution is -3.14. The van der Waals surface area contributed by atoms with Gasteiger partial charge in [-0.05, 0) is 32.3 Å². The number of thiophene rings is 1. The molecule has 0 aliphatic carbocycles. The molecule has 0 spiro atoms. The van der Waals surface area contributed by atoms with Crippen molar-refractivity contribution >= 4 is 34.1 Å². The summed E-state index contributed by atoms with van der Waals surface area (Å²) in [7, 11) is 1.53. The second-order valence-corrected chi connectivity index (χ2v) is 7.76. The number of likely N-dealkylation sites (tertiary alicyclic amines) is 1. The van der Waals surface area contributed by atoms with Crippen molar-refractivity contribution in [2.75, 3.05) is 38.6 Å². The molecule has 0 aromatic carbocycles. The van der Waals surface area contributed by atoms with Crippen LogP contribution in [0.4, 0.5) is 5.00 Å². The summed E-state index contributed by atoms with van der Waals surface area (Å²) in [6.07, 6.45) is 2.33. The molecule has 1 aromatic heterocycles. The molecular formula is C18H28N3O4S+. The van der Waals surface area contributed by atoms with Crippen molar-refractivity contribution in [2.45, 2.75) is 33.6 Å². The average molecular weight is 383 g/mol. The molecule has 1 aromatic rings. The van der Waals surface area contributed by atoms with E-state index in [2.05, 4.69) is 17.6 Å². The highest BCUT2D eigenvalue weighted by Crippen LogP contribution is 2.33. The highest BCUT2D eigenvalue weighted by Gasteiger charge is 2.28. The van der Waals surface area contributed by atoms with Crippen LogP contribution in [0.25, 0.3) is 0 Å². The highest BCUT2D eigenvalue weighted by molar-refractivity contribution is 7.18. The lowest BCUT2D eigenvalue weighted by atomic mass is 10.0. The van der Waals surface area contributed by atoms with Gasteiger partial charge in [-0.3, -0.25) is 9.59 Å². The van der Waals surface area contributed by atoms with Gasteiger partial charge in [-0.15, -0.1) is 11.3 Å². The molecule has 144 valence electrons. The number of carbonyl (C=O) groups excluding carboxylic acids is 3. The fourth-order valence-corrected chi connectivity index (χ4v) is 4.49. The van der Waals surface area contributed by atoms with Crippen molar-refractivity contribution in [3.05, 3.63) is 16.0 Å². The lowest BCUT2D eigenvalue weighted by Gasteiger charge is -2.27. The summed E-state index contributed by atoms with van der Waals surface area (Å²) in [5, 5.41) is 5.77. The summed E-state index contributed by atoms with van der Waals surface area (Å²) >= 11 is 1.11. The second-order valence-electron chi connectivity index (χ2n) is 6.74. The molecular weight excluding hydrogens is 354 g/mol. The van der Waals surface area contributed by atoms with Crippen LogP contribution in [-0.2, 0) is 9.53 Å². The number of esters is 1. The Morgan fingerprint density at radius 1 is 1.35 bits per heavy atom. The molecule has 1 unspecified atom stereocenters. The Bertz CT molecular complexity index is 686. The number of quaternary nitrogens is 1. The fourth-order valence-electron chi connectivity index (χ4n) is 3.34. The van der Waals surface area contributed by atoms with E-state index < -0.39 is 5.97 Å². The first-order valence-corrected chi connectivity index (χ1v) is 9.85. The van der Waals surface area contributed by atoms with Gasteiger partial charge >= 0.3 is 5.97 Å². The monoisotopic (exact) mass is 382 g/mol. The molecule has 7 nitrogen and oxygen atoms in total. The molecule has 2 heterocycles. The van der Waals surface area contributed by atoms with Crippen LogP contribution in [0.3, 0.4) is 0 Å². The van der Waals surface area contributed by atoms with E-state index >= 15 is 0 Å². The van der Waals surface area contributed by atoms with Gasteiger partial charge in [-0.25, -0.2) is 4.79 Å². The summed E-state index contributed by atoms with van der Waals surface area (Å²) < 4.78 is 5.10. The Morgan fingerprint density at radius 3 is 2.69 bits per heavy atom. The van der Waals surface area contributed by atoms with E-state index in [1.807, 2.05) is 0 Å². The molecule has 0 radical (unpaired) electrons. The number of hydrogen-bond donors (Lipinski definition) is 3. The third kappa shape index (κ3) is 4.82. The highest BCUT2D eigenvalue weighted by atomic mass is 32.1. The van der Waals surface area contributed by atoms with Crippen molar-refractivity contribution in [2.24, 2.45) is 5.92 Å². The number of ether oxygens (including phenoxy) is 1. The molecule has 2 amide bonds. The minimum absolute atomic E-state index is 0.149. The van der Waals surface area contributed by atoms with Gasteiger partial charge in [0.05, 0.1) is 30.1 Å². The smallest absolute Gasteiger partial charge is 0.341 e. The summed E-state index contributed by atoms with van der Waals surface area (Å²) in [6, 6.07) is 0. The first kappa shape index (κ1) is 20.4. The van der Waals surface area contributed by atoms with Crippen LogP contribution in [-0.4, -0.2) is 51.1 Å². The van der Waals surface area contributed by atoms with Crippen molar-refractivity contribution in [3.8, 4) is 0 Å². The van der Waals surface area contributed by atoms with Crippen LogP contribution in [0.2, 0.25) is 0 Å². The van der Waals surface area contributed by atoms with E-state index in [1.54, 1.807) is 13.8 Å². The maximum Gasteiger partial charge on any atom is 0.341 e. The zero-order valence-corrected chi connectivity index (χ0v) is 16.7. The van der Waals surface area contributed by atoms with Crippen LogP contribution in [0.1, 0.15) is 52.3 Å². The first-order valence-electron chi connectivity index (χ1n) is 9.03. The van der Waals surface area contributed by atoms with Gasteiger partial charge in [0.1, 0.15) is 5.00 Å². The van der Waals surface area contributed by atoms with E-state index in [9.17, 15) is 14.4 Å². The Labute approximate surface area is 158 Å². The Balaban J connectivity index is 2.19. The molecule has 26 heavy (non-hydrogen) atoms. The maximum atomic E-state index is 12.5. The zero-order valence-electron chi connectivity index (χ0n) is 15.9. The van der Waals surface area contributed by atoms with E-state index in [4.69, 9.17) is 4.74 Å². The minimum atomic E-state index is -0.523. The van der Waals surface area contributed by atoms with Gasteiger partial charge in [-0.1, -0.05) is 6.92 Å². The Kier molecular flexibility index (Phi) is 7.16. The molecule has 2 atom stereocenters.